The average Bonchev–Trinajstić information content (AvgIpc) is 2.75. The minimum Gasteiger partial charge on any atom is -0.464 e. The van der Waals surface area contributed by atoms with Crippen molar-refractivity contribution in [3.05, 3.63) is 97.6 Å². The third-order valence-corrected chi connectivity index (χ3v) is 4.96. The van der Waals surface area contributed by atoms with E-state index < -0.39 is 28.9 Å². The number of aryl methyl sites for hydroxylation is 1. The Hall–Kier alpha value is -3.20. The van der Waals surface area contributed by atoms with E-state index in [-0.39, 0.29) is 30.6 Å². The summed E-state index contributed by atoms with van der Waals surface area (Å²) in [6.45, 7) is -0.00711. The molecule has 0 saturated carbocycles. The van der Waals surface area contributed by atoms with E-state index >= 15 is 0 Å². The van der Waals surface area contributed by atoms with Gasteiger partial charge >= 0.3 is 5.97 Å². The lowest BCUT2D eigenvalue weighted by Crippen LogP contribution is -2.26. The minimum absolute atomic E-state index is 0.00546. The fourth-order valence-corrected chi connectivity index (χ4v) is 3.45. The summed E-state index contributed by atoms with van der Waals surface area (Å²) in [5.74, 6) is -2.98. The Morgan fingerprint density at radius 1 is 1.13 bits per heavy atom. The van der Waals surface area contributed by atoms with Crippen molar-refractivity contribution in [2.75, 3.05) is 7.11 Å². The minimum atomic E-state index is -1.01. The second kappa shape index (κ2) is 9.74. The maximum Gasteiger partial charge on any atom is 0.356 e. The number of carbonyl (C=O) groups excluding carboxylic acids is 2. The number of nitrogens with zero attached hydrogens (tertiary/aromatic N) is 2. The SMILES string of the molecule is COC(=O)c1cc(Br)cc(CCC(=O)c2cccn(Cc3ccc(F)c(F)c3)c2=O)n1. The number of carbonyl (C=O) groups is 2. The van der Waals surface area contributed by atoms with Crippen LogP contribution < -0.4 is 5.56 Å². The van der Waals surface area contributed by atoms with Crippen LogP contribution in [0.15, 0.2) is 57.9 Å². The summed E-state index contributed by atoms with van der Waals surface area (Å²) in [4.78, 5) is 41.2. The summed E-state index contributed by atoms with van der Waals surface area (Å²) in [6, 6.07) is 9.50. The normalized spacial score (nSPS) is 10.7. The molecule has 0 amide bonds. The van der Waals surface area contributed by atoms with Crippen LogP contribution in [-0.4, -0.2) is 28.4 Å². The number of aromatic nitrogens is 2. The number of halogens is 3. The summed E-state index contributed by atoms with van der Waals surface area (Å²) < 4.78 is 33.1. The molecule has 1 aromatic carbocycles. The van der Waals surface area contributed by atoms with Crippen molar-refractivity contribution >= 4 is 27.7 Å². The van der Waals surface area contributed by atoms with Crippen LogP contribution in [0, 0.1) is 11.6 Å². The number of ether oxygens (including phenoxy) is 1. The largest absolute Gasteiger partial charge is 0.464 e. The van der Waals surface area contributed by atoms with Gasteiger partial charge in [-0.05, 0) is 48.4 Å². The van der Waals surface area contributed by atoms with Gasteiger partial charge in [0.1, 0.15) is 5.69 Å². The van der Waals surface area contributed by atoms with E-state index in [1.54, 1.807) is 12.1 Å². The van der Waals surface area contributed by atoms with Gasteiger partial charge in [-0.3, -0.25) is 9.59 Å². The molecule has 0 unspecified atom stereocenters. The molecule has 3 aromatic rings. The lowest BCUT2D eigenvalue weighted by molar-refractivity contribution is 0.0593. The fraction of sp³-hybridized carbons (Fsp3) is 0.182. The number of ketones is 1. The molecule has 3 rings (SSSR count). The predicted octanol–water partition coefficient (Wildman–Crippen LogP) is 3.93. The molecule has 160 valence electrons. The van der Waals surface area contributed by atoms with Crippen LogP contribution >= 0.6 is 15.9 Å². The Labute approximate surface area is 184 Å². The molecule has 6 nitrogen and oxygen atoms in total. The van der Waals surface area contributed by atoms with E-state index in [0.717, 1.165) is 12.1 Å². The Balaban J connectivity index is 1.76. The van der Waals surface area contributed by atoms with Crippen LogP contribution in [0.25, 0.3) is 0 Å². The number of Topliss-reactive ketones (excluding diaryl/α,β-unsaturated/α-hetero) is 1. The number of hydrogen-bond donors (Lipinski definition) is 0. The topological polar surface area (TPSA) is 78.3 Å². The zero-order valence-corrected chi connectivity index (χ0v) is 18.0. The third-order valence-electron chi connectivity index (χ3n) is 4.50. The van der Waals surface area contributed by atoms with Crippen molar-refractivity contribution in [1.29, 1.82) is 0 Å². The van der Waals surface area contributed by atoms with Gasteiger partial charge in [0.05, 0.1) is 19.2 Å². The zero-order chi connectivity index (χ0) is 22.5. The molecule has 0 fully saturated rings. The van der Waals surface area contributed by atoms with Gasteiger partial charge < -0.3 is 9.30 Å². The average molecular weight is 491 g/mol. The Morgan fingerprint density at radius 3 is 2.61 bits per heavy atom. The molecule has 9 heteroatoms. The zero-order valence-electron chi connectivity index (χ0n) is 16.4. The first-order valence-corrected chi connectivity index (χ1v) is 9.99. The number of benzene rings is 1. The maximum atomic E-state index is 13.4. The van der Waals surface area contributed by atoms with Crippen LogP contribution in [0.4, 0.5) is 8.78 Å². The van der Waals surface area contributed by atoms with Crippen LogP contribution in [0.2, 0.25) is 0 Å². The Bertz CT molecular complexity index is 1210. The van der Waals surface area contributed by atoms with Crippen molar-refractivity contribution in [1.82, 2.24) is 9.55 Å². The molecule has 0 N–H and O–H groups in total. The number of hydrogen-bond acceptors (Lipinski definition) is 5. The van der Waals surface area contributed by atoms with Crippen LogP contribution in [-0.2, 0) is 17.7 Å². The molecular weight excluding hydrogens is 474 g/mol. The van der Waals surface area contributed by atoms with E-state index in [4.69, 9.17) is 0 Å². The molecule has 2 heterocycles. The molecule has 0 radical (unpaired) electrons. The van der Waals surface area contributed by atoms with E-state index in [9.17, 15) is 23.2 Å². The van der Waals surface area contributed by atoms with Crippen molar-refractivity contribution in [2.24, 2.45) is 0 Å². The fourth-order valence-electron chi connectivity index (χ4n) is 2.97. The quantitative estimate of drug-likeness (QED) is 0.370. The van der Waals surface area contributed by atoms with Gasteiger partial charge in [-0.2, -0.15) is 0 Å². The first-order chi connectivity index (χ1) is 14.8. The van der Waals surface area contributed by atoms with Gasteiger partial charge in [-0.25, -0.2) is 18.6 Å². The number of pyridine rings is 2. The van der Waals surface area contributed by atoms with E-state index in [0.29, 0.717) is 15.7 Å². The van der Waals surface area contributed by atoms with Gasteiger partial charge in [0.15, 0.2) is 17.4 Å². The molecule has 0 aliphatic carbocycles. The van der Waals surface area contributed by atoms with Crippen LogP contribution in [0.3, 0.4) is 0 Å². The third kappa shape index (κ3) is 5.49. The lowest BCUT2D eigenvalue weighted by Gasteiger charge is -2.09. The van der Waals surface area contributed by atoms with E-state index in [1.807, 2.05) is 0 Å². The second-order valence-corrected chi connectivity index (χ2v) is 7.60. The lowest BCUT2D eigenvalue weighted by atomic mass is 10.1. The van der Waals surface area contributed by atoms with Crippen LogP contribution in [0.5, 0.6) is 0 Å². The van der Waals surface area contributed by atoms with E-state index in [2.05, 4.69) is 25.7 Å². The summed E-state index contributed by atoms with van der Waals surface area (Å²) in [5.41, 5.74) is 0.427. The molecule has 0 spiro atoms. The second-order valence-electron chi connectivity index (χ2n) is 6.68. The highest BCUT2D eigenvalue weighted by Gasteiger charge is 2.15. The highest BCUT2D eigenvalue weighted by molar-refractivity contribution is 9.10. The summed E-state index contributed by atoms with van der Waals surface area (Å²) in [6.07, 6.45) is 1.67. The molecule has 0 saturated heterocycles. The van der Waals surface area contributed by atoms with Crippen molar-refractivity contribution in [3.8, 4) is 0 Å². The predicted molar refractivity (Wildman–Crippen MR) is 112 cm³/mol. The Kier molecular flexibility index (Phi) is 7.06. The smallest absolute Gasteiger partial charge is 0.356 e. The standard InChI is InChI=1S/C22H17BrF2N2O4/c1-31-22(30)19-11-14(23)10-15(26-19)5-7-20(28)16-3-2-8-27(21(16)29)12-13-4-6-17(24)18(25)9-13/h2-4,6,8-11H,5,7,12H2,1H3. The van der Waals surface area contributed by atoms with Gasteiger partial charge in [-0.15, -0.1) is 0 Å². The van der Waals surface area contributed by atoms with Gasteiger partial charge in [0.2, 0.25) is 0 Å². The molecule has 0 bridgehead atoms. The number of rotatable bonds is 7. The van der Waals surface area contributed by atoms with Crippen molar-refractivity contribution in [3.63, 3.8) is 0 Å². The number of esters is 1. The Morgan fingerprint density at radius 2 is 1.90 bits per heavy atom. The number of methoxy groups -OCH3 is 1. The molecule has 0 atom stereocenters. The monoisotopic (exact) mass is 490 g/mol. The molecule has 0 aliphatic rings. The first kappa shape index (κ1) is 22.5. The van der Waals surface area contributed by atoms with Crippen LogP contribution in [0.1, 0.15) is 38.5 Å². The maximum absolute atomic E-state index is 13.4. The highest BCUT2D eigenvalue weighted by atomic mass is 79.9. The van der Waals surface area contributed by atoms with Gasteiger partial charge in [-0.1, -0.05) is 22.0 Å². The van der Waals surface area contributed by atoms with Gasteiger partial charge in [0.25, 0.3) is 5.56 Å². The van der Waals surface area contributed by atoms with E-state index in [1.165, 1.54) is 36.1 Å². The van der Waals surface area contributed by atoms with Gasteiger partial charge in [0, 0.05) is 22.8 Å². The molecule has 31 heavy (non-hydrogen) atoms. The summed E-state index contributed by atoms with van der Waals surface area (Å²) in [7, 11) is 1.24. The molecule has 2 aromatic heterocycles. The molecular formula is C22H17BrF2N2O4. The van der Waals surface area contributed by atoms with Crippen molar-refractivity contribution in [2.45, 2.75) is 19.4 Å². The highest BCUT2D eigenvalue weighted by Crippen LogP contribution is 2.16. The summed E-state index contributed by atoms with van der Waals surface area (Å²) >= 11 is 3.29. The molecule has 0 aliphatic heterocycles. The summed E-state index contributed by atoms with van der Waals surface area (Å²) in [5, 5.41) is 0. The van der Waals surface area contributed by atoms with Crippen molar-refractivity contribution < 1.29 is 23.1 Å². The first-order valence-electron chi connectivity index (χ1n) is 9.20.